The molecule has 1 N–H and O–H groups in total. The van der Waals surface area contributed by atoms with Crippen molar-refractivity contribution in [2.45, 2.75) is 32.2 Å². The number of hydrogen-bond donors (Lipinski definition) is 1. The third kappa shape index (κ3) is 1.72. The first kappa shape index (κ1) is 8.69. The molecule has 4 heteroatoms. The molecule has 1 amide bonds. The van der Waals surface area contributed by atoms with Gasteiger partial charge in [-0.25, -0.2) is 4.98 Å². The highest BCUT2D eigenvalue weighted by Crippen LogP contribution is 2.34. The van der Waals surface area contributed by atoms with Crippen LogP contribution in [0.2, 0.25) is 0 Å². The van der Waals surface area contributed by atoms with E-state index in [1.807, 2.05) is 6.92 Å². The van der Waals surface area contributed by atoms with Crippen LogP contribution in [0.15, 0.2) is 5.51 Å². The Morgan fingerprint density at radius 2 is 2.38 bits per heavy atom. The highest BCUT2D eigenvalue weighted by molar-refractivity contribution is 7.11. The Morgan fingerprint density at radius 1 is 1.69 bits per heavy atom. The molecule has 1 heterocycles. The molecule has 1 aromatic heterocycles. The first-order valence-electron chi connectivity index (χ1n) is 4.33. The lowest BCUT2D eigenvalue weighted by molar-refractivity contribution is 0.0939. The Hall–Kier alpha value is -0.900. The molecule has 0 atom stereocenters. The van der Waals surface area contributed by atoms with E-state index in [0.29, 0.717) is 0 Å². The van der Waals surface area contributed by atoms with Crippen LogP contribution >= 0.6 is 11.3 Å². The predicted molar refractivity (Wildman–Crippen MR) is 52.0 cm³/mol. The Morgan fingerprint density at radius 3 is 2.85 bits per heavy atom. The summed E-state index contributed by atoms with van der Waals surface area (Å²) in [5.74, 6) is 0.0278. The van der Waals surface area contributed by atoms with Crippen LogP contribution < -0.4 is 5.32 Å². The SMILES string of the molecule is Cc1ncsc1C(=O)NC1(C)CC1. The van der Waals surface area contributed by atoms with Crippen LogP contribution in [0.4, 0.5) is 0 Å². The zero-order valence-electron chi connectivity index (χ0n) is 7.76. The van der Waals surface area contributed by atoms with Crippen molar-refractivity contribution in [1.82, 2.24) is 10.3 Å². The van der Waals surface area contributed by atoms with Gasteiger partial charge in [0.15, 0.2) is 0 Å². The summed E-state index contributed by atoms with van der Waals surface area (Å²) in [4.78, 5) is 16.4. The average Bonchev–Trinajstić information content (AvgIpc) is 2.63. The maximum Gasteiger partial charge on any atom is 0.263 e. The first-order valence-corrected chi connectivity index (χ1v) is 5.21. The molecule has 13 heavy (non-hydrogen) atoms. The first-order chi connectivity index (χ1) is 6.11. The highest BCUT2D eigenvalue weighted by atomic mass is 32.1. The largest absolute Gasteiger partial charge is 0.346 e. The van der Waals surface area contributed by atoms with E-state index in [1.54, 1.807) is 5.51 Å². The van der Waals surface area contributed by atoms with Crippen LogP contribution in [-0.4, -0.2) is 16.4 Å². The van der Waals surface area contributed by atoms with E-state index in [0.717, 1.165) is 23.4 Å². The molecule has 0 saturated heterocycles. The van der Waals surface area contributed by atoms with Gasteiger partial charge in [-0.3, -0.25) is 4.79 Å². The van der Waals surface area contributed by atoms with Gasteiger partial charge in [0.1, 0.15) is 4.88 Å². The van der Waals surface area contributed by atoms with Crippen molar-refractivity contribution in [1.29, 1.82) is 0 Å². The van der Waals surface area contributed by atoms with Gasteiger partial charge in [0, 0.05) is 5.54 Å². The number of nitrogens with zero attached hydrogens (tertiary/aromatic N) is 1. The van der Waals surface area contributed by atoms with Gasteiger partial charge in [0.05, 0.1) is 11.2 Å². The zero-order valence-corrected chi connectivity index (χ0v) is 8.57. The monoisotopic (exact) mass is 196 g/mol. The molecule has 1 saturated carbocycles. The summed E-state index contributed by atoms with van der Waals surface area (Å²) in [5, 5.41) is 3.00. The lowest BCUT2D eigenvalue weighted by Crippen LogP contribution is -2.34. The van der Waals surface area contributed by atoms with Gasteiger partial charge < -0.3 is 5.32 Å². The molecule has 70 valence electrons. The molecule has 1 fully saturated rings. The lowest BCUT2D eigenvalue weighted by Gasteiger charge is -2.09. The topological polar surface area (TPSA) is 42.0 Å². The molecule has 0 bridgehead atoms. The fourth-order valence-electron chi connectivity index (χ4n) is 1.16. The Bertz CT molecular complexity index is 341. The number of nitrogens with one attached hydrogen (secondary N) is 1. The fraction of sp³-hybridized carbons (Fsp3) is 0.556. The highest BCUT2D eigenvalue weighted by Gasteiger charge is 2.39. The standard InChI is InChI=1S/C9H12N2OS/c1-6-7(13-5-10-6)8(12)11-9(2)3-4-9/h5H,3-4H2,1-2H3,(H,11,12). The molecule has 0 aliphatic heterocycles. The van der Waals surface area contributed by atoms with E-state index in [-0.39, 0.29) is 11.4 Å². The summed E-state index contributed by atoms with van der Waals surface area (Å²) in [6.07, 6.45) is 2.19. The minimum Gasteiger partial charge on any atom is -0.346 e. The van der Waals surface area contributed by atoms with Crippen molar-refractivity contribution in [3.05, 3.63) is 16.1 Å². The molecule has 0 unspecified atom stereocenters. The van der Waals surface area contributed by atoms with Gasteiger partial charge >= 0.3 is 0 Å². The number of carbonyl (C=O) groups excluding carboxylic acids is 1. The van der Waals surface area contributed by atoms with Gasteiger partial charge in [-0.15, -0.1) is 11.3 Å². The normalized spacial score (nSPS) is 18.3. The Labute approximate surface area is 81.2 Å². The zero-order chi connectivity index (χ0) is 9.47. The van der Waals surface area contributed by atoms with Gasteiger partial charge in [-0.2, -0.15) is 0 Å². The van der Waals surface area contributed by atoms with Gasteiger partial charge in [0.25, 0.3) is 5.91 Å². The number of thiazole rings is 1. The molecule has 2 rings (SSSR count). The summed E-state index contributed by atoms with van der Waals surface area (Å²) in [6, 6.07) is 0. The minimum absolute atomic E-state index is 0.0278. The number of aryl methyl sites for hydroxylation is 1. The van der Waals surface area contributed by atoms with E-state index in [4.69, 9.17) is 0 Å². The van der Waals surface area contributed by atoms with Crippen molar-refractivity contribution in [2.24, 2.45) is 0 Å². The van der Waals surface area contributed by atoms with Crippen LogP contribution in [0.25, 0.3) is 0 Å². The van der Waals surface area contributed by atoms with E-state index >= 15 is 0 Å². The molecule has 0 aromatic carbocycles. The summed E-state index contributed by atoms with van der Waals surface area (Å²) in [7, 11) is 0. The molecule has 1 aliphatic rings. The molecule has 1 aromatic rings. The lowest BCUT2D eigenvalue weighted by atomic mass is 10.3. The van der Waals surface area contributed by atoms with Crippen LogP contribution in [0.3, 0.4) is 0 Å². The number of rotatable bonds is 2. The summed E-state index contributed by atoms with van der Waals surface area (Å²) >= 11 is 1.40. The quantitative estimate of drug-likeness (QED) is 0.782. The smallest absolute Gasteiger partial charge is 0.263 e. The fourth-order valence-corrected chi connectivity index (χ4v) is 1.86. The molecule has 3 nitrogen and oxygen atoms in total. The third-order valence-electron chi connectivity index (χ3n) is 2.37. The molecule has 1 aliphatic carbocycles. The second-order valence-electron chi connectivity index (χ2n) is 3.78. The third-order valence-corrected chi connectivity index (χ3v) is 3.29. The van der Waals surface area contributed by atoms with E-state index in [2.05, 4.69) is 17.2 Å². The van der Waals surface area contributed by atoms with Crippen LogP contribution in [0.1, 0.15) is 35.1 Å². The molecule has 0 spiro atoms. The van der Waals surface area contributed by atoms with E-state index in [9.17, 15) is 4.79 Å². The van der Waals surface area contributed by atoms with Crippen molar-refractivity contribution in [3.63, 3.8) is 0 Å². The van der Waals surface area contributed by atoms with Crippen LogP contribution in [0.5, 0.6) is 0 Å². The second kappa shape index (κ2) is 2.80. The van der Waals surface area contributed by atoms with E-state index < -0.39 is 0 Å². The molecular formula is C9H12N2OS. The summed E-state index contributed by atoms with van der Waals surface area (Å²) < 4.78 is 0. The second-order valence-corrected chi connectivity index (χ2v) is 4.64. The molecule has 0 radical (unpaired) electrons. The van der Waals surface area contributed by atoms with Crippen molar-refractivity contribution < 1.29 is 4.79 Å². The van der Waals surface area contributed by atoms with Crippen molar-refractivity contribution >= 4 is 17.2 Å². The van der Waals surface area contributed by atoms with Gasteiger partial charge in [-0.1, -0.05) is 0 Å². The Balaban J connectivity index is 2.09. The number of hydrogen-bond acceptors (Lipinski definition) is 3. The number of amides is 1. The maximum absolute atomic E-state index is 11.6. The van der Waals surface area contributed by atoms with Gasteiger partial charge in [-0.05, 0) is 26.7 Å². The predicted octanol–water partition coefficient (Wildman–Crippen LogP) is 1.73. The van der Waals surface area contributed by atoms with Crippen LogP contribution in [0, 0.1) is 6.92 Å². The van der Waals surface area contributed by atoms with Gasteiger partial charge in [0.2, 0.25) is 0 Å². The summed E-state index contributed by atoms with van der Waals surface area (Å²) in [5.41, 5.74) is 2.60. The average molecular weight is 196 g/mol. The Kier molecular flexibility index (Phi) is 1.87. The maximum atomic E-state index is 11.6. The van der Waals surface area contributed by atoms with E-state index in [1.165, 1.54) is 11.3 Å². The van der Waals surface area contributed by atoms with Crippen LogP contribution in [-0.2, 0) is 0 Å². The number of carbonyl (C=O) groups is 1. The van der Waals surface area contributed by atoms with Crippen molar-refractivity contribution in [2.75, 3.05) is 0 Å². The molecular weight excluding hydrogens is 184 g/mol. The van der Waals surface area contributed by atoms with Crippen molar-refractivity contribution in [3.8, 4) is 0 Å². The summed E-state index contributed by atoms with van der Waals surface area (Å²) in [6.45, 7) is 3.93. The minimum atomic E-state index is 0.0278. The number of aromatic nitrogens is 1.